The Bertz CT molecular complexity index is 267. The fraction of sp³-hybridized carbons (Fsp3) is 0.833. The maximum Gasteiger partial charge on any atom is 0.303 e. The number of carboxylic acids is 1. The zero-order chi connectivity index (χ0) is 12.7. The number of hydrogen-bond donors (Lipinski definition) is 1. The number of nitrogens with zero attached hydrogens (tertiary/aromatic N) is 1. The summed E-state index contributed by atoms with van der Waals surface area (Å²) in [5.74, 6) is -0.404. The van der Waals surface area contributed by atoms with Gasteiger partial charge in [-0.05, 0) is 25.2 Å². The van der Waals surface area contributed by atoms with Gasteiger partial charge < -0.3 is 14.7 Å². The van der Waals surface area contributed by atoms with Gasteiger partial charge in [0.15, 0.2) is 0 Å². The molecule has 5 heteroatoms. The standard InChI is InChI=1S/C12H21NO4/c1-2-7-17-9-11(14)13-6-5-10(8-13)3-4-12(15)16/h10H,2-9H2,1H3,(H,15,16). The molecule has 5 nitrogen and oxygen atoms in total. The molecular formula is C12H21NO4. The van der Waals surface area contributed by atoms with E-state index in [0.29, 0.717) is 25.5 Å². The molecule has 1 aliphatic rings. The van der Waals surface area contributed by atoms with E-state index in [1.165, 1.54) is 0 Å². The van der Waals surface area contributed by atoms with Crippen LogP contribution in [-0.4, -0.2) is 48.2 Å². The molecule has 17 heavy (non-hydrogen) atoms. The lowest BCUT2D eigenvalue weighted by Crippen LogP contribution is -2.32. The minimum absolute atomic E-state index is 0.0243. The van der Waals surface area contributed by atoms with Crippen molar-refractivity contribution in [2.45, 2.75) is 32.6 Å². The Labute approximate surface area is 102 Å². The third-order valence-corrected chi connectivity index (χ3v) is 2.98. The Kier molecular flexibility index (Phi) is 5.97. The summed E-state index contributed by atoms with van der Waals surface area (Å²) < 4.78 is 5.21. The highest BCUT2D eigenvalue weighted by molar-refractivity contribution is 5.77. The van der Waals surface area contributed by atoms with Crippen LogP contribution in [0.15, 0.2) is 0 Å². The van der Waals surface area contributed by atoms with Crippen molar-refractivity contribution < 1.29 is 19.4 Å². The van der Waals surface area contributed by atoms with Gasteiger partial charge in [-0.1, -0.05) is 6.92 Å². The molecule has 1 fully saturated rings. The van der Waals surface area contributed by atoms with Gasteiger partial charge in [0.25, 0.3) is 0 Å². The van der Waals surface area contributed by atoms with Crippen LogP contribution in [0.5, 0.6) is 0 Å². The molecule has 0 saturated carbocycles. The third kappa shape index (κ3) is 5.17. The number of carboxylic acid groups (broad SMARTS) is 1. The van der Waals surface area contributed by atoms with Crippen LogP contribution in [0.1, 0.15) is 32.6 Å². The molecule has 0 spiro atoms. The lowest BCUT2D eigenvalue weighted by Gasteiger charge is -2.16. The predicted molar refractivity (Wildman–Crippen MR) is 62.7 cm³/mol. The molecule has 0 aromatic heterocycles. The van der Waals surface area contributed by atoms with Crippen molar-refractivity contribution in [3.05, 3.63) is 0 Å². The molecule has 1 aliphatic heterocycles. The van der Waals surface area contributed by atoms with Crippen LogP contribution in [-0.2, 0) is 14.3 Å². The Balaban J connectivity index is 2.20. The molecule has 0 aliphatic carbocycles. The van der Waals surface area contributed by atoms with Gasteiger partial charge in [-0.15, -0.1) is 0 Å². The summed E-state index contributed by atoms with van der Waals surface area (Å²) in [6, 6.07) is 0. The van der Waals surface area contributed by atoms with Crippen LogP contribution in [0, 0.1) is 5.92 Å². The maximum atomic E-state index is 11.7. The first-order valence-corrected chi connectivity index (χ1v) is 6.20. The minimum atomic E-state index is -0.763. The van der Waals surface area contributed by atoms with Gasteiger partial charge in [0.05, 0.1) is 0 Å². The summed E-state index contributed by atoms with van der Waals surface area (Å²) in [7, 11) is 0. The molecule has 1 N–H and O–H groups in total. The number of likely N-dealkylation sites (tertiary alicyclic amines) is 1. The van der Waals surface area contributed by atoms with Gasteiger partial charge in [0, 0.05) is 26.1 Å². The van der Waals surface area contributed by atoms with Crippen LogP contribution in [0.4, 0.5) is 0 Å². The number of rotatable bonds is 7. The molecule has 98 valence electrons. The highest BCUT2D eigenvalue weighted by Gasteiger charge is 2.26. The first-order chi connectivity index (χ1) is 8.13. The number of carbonyl (C=O) groups is 2. The summed E-state index contributed by atoms with van der Waals surface area (Å²) >= 11 is 0. The molecule has 1 rings (SSSR count). The molecule has 0 radical (unpaired) electrons. The molecular weight excluding hydrogens is 222 g/mol. The van der Waals surface area contributed by atoms with Crippen LogP contribution >= 0.6 is 0 Å². The van der Waals surface area contributed by atoms with Crippen molar-refractivity contribution in [2.24, 2.45) is 5.92 Å². The van der Waals surface area contributed by atoms with Crippen LogP contribution in [0.3, 0.4) is 0 Å². The largest absolute Gasteiger partial charge is 0.481 e. The molecule has 1 unspecified atom stereocenters. The lowest BCUT2D eigenvalue weighted by molar-refractivity contribution is -0.137. The predicted octanol–water partition coefficient (Wildman–Crippen LogP) is 1.13. The maximum absolute atomic E-state index is 11.7. The molecule has 1 amide bonds. The van der Waals surface area contributed by atoms with Gasteiger partial charge in [0.1, 0.15) is 6.61 Å². The quantitative estimate of drug-likeness (QED) is 0.681. The van der Waals surface area contributed by atoms with Gasteiger partial charge in [-0.3, -0.25) is 9.59 Å². The van der Waals surface area contributed by atoms with E-state index < -0.39 is 5.97 Å². The molecule has 1 saturated heterocycles. The van der Waals surface area contributed by atoms with Crippen LogP contribution in [0.25, 0.3) is 0 Å². The first-order valence-electron chi connectivity index (χ1n) is 6.20. The normalized spacial score (nSPS) is 19.6. The smallest absolute Gasteiger partial charge is 0.303 e. The van der Waals surface area contributed by atoms with Gasteiger partial charge in [-0.2, -0.15) is 0 Å². The van der Waals surface area contributed by atoms with Crippen molar-refractivity contribution in [3.63, 3.8) is 0 Å². The molecule has 1 heterocycles. The first kappa shape index (κ1) is 14.0. The highest BCUT2D eigenvalue weighted by Crippen LogP contribution is 2.20. The van der Waals surface area contributed by atoms with Gasteiger partial charge >= 0.3 is 5.97 Å². The second kappa shape index (κ2) is 7.27. The minimum Gasteiger partial charge on any atom is -0.481 e. The summed E-state index contributed by atoms with van der Waals surface area (Å²) in [6.07, 6.45) is 2.68. The Morgan fingerprint density at radius 3 is 2.88 bits per heavy atom. The van der Waals surface area contributed by atoms with Crippen molar-refractivity contribution in [1.82, 2.24) is 4.90 Å². The molecule has 1 atom stereocenters. The monoisotopic (exact) mass is 243 g/mol. The van der Waals surface area contributed by atoms with Crippen molar-refractivity contribution in [2.75, 3.05) is 26.3 Å². The second-order valence-corrected chi connectivity index (χ2v) is 4.48. The summed E-state index contributed by atoms with van der Waals surface area (Å²) in [4.78, 5) is 23.9. The zero-order valence-electron chi connectivity index (χ0n) is 10.4. The Hall–Kier alpha value is -1.10. The van der Waals surface area contributed by atoms with E-state index in [4.69, 9.17) is 9.84 Å². The van der Waals surface area contributed by atoms with Crippen molar-refractivity contribution >= 4 is 11.9 Å². The van der Waals surface area contributed by atoms with Crippen LogP contribution in [0.2, 0.25) is 0 Å². The van der Waals surface area contributed by atoms with Crippen molar-refractivity contribution in [3.8, 4) is 0 Å². The third-order valence-electron chi connectivity index (χ3n) is 2.98. The SMILES string of the molecule is CCCOCC(=O)N1CCC(CCC(=O)O)C1. The average molecular weight is 243 g/mol. The zero-order valence-corrected chi connectivity index (χ0v) is 10.4. The van der Waals surface area contributed by atoms with Gasteiger partial charge in [-0.25, -0.2) is 0 Å². The number of hydrogen-bond acceptors (Lipinski definition) is 3. The number of ether oxygens (including phenoxy) is 1. The number of aliphatic carboxylic acids is 1. The Morgan fingerprint density at radius 1 is 1.47 bits per heavy atom. The number of carbonyl (C=O) groups excluding carboxylic acids is 1. The lowest BCUT2D eigenvalue weighted by atomic mass is 10.0. The van der Waals surface area contributed by atoms with Crippen LogP contribution < -0.4 is 0 Å². The van der Waals surface area contributed by atoms with E-state index in [0.717, 1.165) is 19.4 Å². The average Bonchev–Trinajstić information content (AvgIpc) is 2.75. The fourth-order valence-corrected chi connectivity index (χ4v) is 2.02. The van der Waals surface area contributed by atoms with E-state index in [2.05, 4.69) is 0 Å². The fourth-order valence-electron chi connectivity index (χ4n) is 2.02. The topological polar surface area (TPSA) is 66.8 Å². The molecule has 0 aromatic rings. The Morgan fingerprint density at radius 2 is 2.24 bits per heavy atom. The van der Waals surface area contributed by atoms with E-state index >= 15 is 0 Å². The summed E-state index contributed by atoms with van der Waals surface area (Å²) in [5, 5.41) is 8.59. The molecule has 0 aromatic carbocycles. The van der Waals surface area contributed by atoms with E-state index in [9.17, 15) is 9.59 Å². The summed E-state index contributed by atoms with van der Waals surface area (Å²) in [6.45, 7) is 4.18. The van der Waals surface area contributed by atoms with E-state index in [1.807, 2.05) is 6.92 Å². The second-order valence-electron chi connectivity index (χ2n) is 4.48. The summed E-state index contributed by atoms with van der Waals surface area (Å²) in [5.41, 5.74) is 0. The van der Waals surface area contributed by atoms with E-state index in [1.54, 1.807) is 4.90 Å². The van der Waals surface area contributed by atoms with Gasteiger partial charge in [0.2, 0.25) is 5.91 Å². The highest BCUT2D eigenvalue weighted by atomic mass is 16.5. The van der Waals surface area contributed by atoms with E-state index in [-0.39, 0.29) is 18.9 Å². The van der Waals surface area contributed by atoms with Crippen molar-refractivity contribution in [1.29, 1.82) is 0 Å². The number of amides is 1. The molecule has 0 bridgehead atoms.